The summed E-state index contributed by atoms with van der Waals surface area (Å²) in [5.74, 6) is 0.140. The van der Waals surface area contributed by atoms with Gasteiger partial charge >= 0.3 is 0 Å². The summed E-state index contributed by atoms with van der Waals surface area (Å²) in [5, 5.41) is 11.9. The Morgan fingerprint density at radius 2 is 1.95 bits per heavy atom. The van der Waals surface area contributed by atoms with E-state index in [4.69, 9.17) is 10.9 Å². The van der Waals surface area contributed by atoms with E-state index in [9.17, 15) is 0 Å². The van der Waals surface area contributed by atoms with Crippen LogP contribution in [0.4, 0.5) is 0 Å². The molecule has 0 radical (unpaired) electrons. The summed E-state index contributed by atoms with van der Waals surface area (Å²) < 4.78 is 1.07. The molecule has 0 aliphatic rings. The summed E-state index contributed by atoms with van der Waals surface area (Å²) in [6.45, 7) is 1.54. The molecule has 0 unspecified atom stereocenters. The van der Waals surface area contributed by atoms with Crippen LogP contribution in [0.3, 0.4) is 0 Å². The van der Waals surface area contributed by atoms with E-state index < -0.39 is 0 Å². The average Bonchev–Trinajstić information content (AvgIpc) is 2.47. The molecule has 4 nitrogen and oxygen atoms in total. The SMILES string of the molecule is CN(Cc1cccc(Br)c1)Cc1ccccc1C(N)=NO. The number of nitrogens with two attached hydrogens (primary N) is 1. The topological polar surface area (TPSA) is 61.8 Å². The van der Waals surface area contributed by atoms with Crippen LogP contribution in [0.1, 0.15) is 16.7 Å². The molecular formula is C16H18BrN3O. The molecule has 0 spiro atoms. The number of rotatable bonds is 5. The van der Waals surface area contributed by atoms with Gasteiger partial charge in [-0.15, -0.1) is 0 Å². The number of oxime groups is 1. The van der Waals surface area contributed by atoms with E-state index in [-0.39, 0.29) is 5.84 Å². The molecule has 0 bridgehead atoms. The van der Waals surface area contributed by atoms with Crippen molar-refractivity contribution in [1.82, 2.24) is 4.90 Å². The number of nitrogens with zero attached hydrogens (tertiary/aromatic N) is 2. The quantitative estimate of drug-likeness (QED) is 0.378. The van der Waals surface area contributed by atoms with Gasteiger partial charge in [-0.1, -0.05) is 57.5 Å². The van der Waals surface area contributed by atoms with Gasteiger partial charge in [-0.05, 0) is 30.3 Å². The summed E-state index contributed by atoms with van der Waals surface area (Å²) >= 11 is 3.48. The zero-order valence-electron chi connectivity index (χ0n) is 11.8. The van der Waals surface area contributed by atoms with Gasteiger partial charge < -0.3 is 10.9 Å². The fourth-order valence-electron chi connectivity index (χ4n) is 2.26. The van der Waals surface area contributed by atoms with Gasteiger partial charge in [0.15, 0.2) is 5.84 Å². The third-order valence-electron chi connectivity index (χ3n) is 3.18. The van der Waals surface area contributed by atoms with Gasteiger partial charge in [-0.2, -0.15) is 0 Å². The van der Waals surface area contributed by atoms with Crippen LogP contribution in [0.2, 0.25) is 0 Å². The number of halogens is 1. The smallest absolute Gasteiger partial charge is 0.170 e. The summed E-state index contributed by atoms with van der Waals surface area (Å²) in [6.07, 6.45) is 0. The minimum Gasteiger partial charge on any atom is -0.409 e. The van der Waals surface area contributed by atoms with E-state index in [0.717, 1.165) is 28.7 Å². The van der Waals surface area contributed by atoms with Gasteiger partial charge in [0.2, 0.25) is 0 Å². The van der Waals surface area contributed by atoms with Crippen LogP contribution in [-0.2, 0) is 13.1 Å². The fraction of sp³-hybridized carbons (Fsp3) is 0.188. The predicted octanol–water partition coefficient (Wildman–Crippen LogP) is 3.18. The molecule has 0 aliphatic heterocycles. The Morgan fingerprint density at radius 1 is 1.19 bits per heavy atom. The van der Waals surface area contributed by atoms with E-state index in [0.29, 0.717) is 0 Å². The molecule has 0 heterocycles. The first-order valence-electron chi connectivity index (χ1n) is 6.59. The Hall–Kier alpha value is -1.85. The largest absolute Gasteiger partial charge is 0.409 e. The van der Waals surface area contributed by atoms with Crippen molar-refractivity contribution in [1.29, 1.82) is 0 Å². The third-order valence-corrected chi connectivity index (χ3v) is 3.68. The van der Waals surface area contributed by atoms with E-state index in [2.05, 4.69) is 38.1 Å². The zero-order chi connectivity index (χ0) is 15.2. The molecule has 3 N–H and O–H groups in total. The van der Waals surface area contributed by atoms with Crippen molar-refractivity contribution in [3.63, 3.8) is 0 Å². The standard InChI is InChI=1S/C16H18BrN3O/c1-20(10-12-5-4-7-14(17)9-12)11-13-6-2-3-8-15(13)16(18)19-21/h2-9,21H,10-11H2,1H3,(H2,18,19). The maximum absolute atomic E-state index is 8.86. The highest BCUT2D eigenvalue weighted by Crippen LogP contribution is 2.15. The van der Waals surface area contributed by atoms with Crippen LogP contribution in [0.5, 0.6) is 0 Å². The number of benzene rings is 2. The summed E-state index contributed by atoms with van der Waals surface area (Å²) in [5.41, 5.74) is 8.75. The van der Waals surface area contributed by atoms with Gasteiger partial charge in [-0.25, -0.2) is 0 Å². The summed E-state index contributed by atoms with van der Waals surface area (Å²) in [6, 6.07) is 15.9. The second kappa shape index (κ2) is 7.24. The molecule has 2 aromatic carbocycles. The van der Waals surface area contributed by atoms with Crippen molar-refractivity contribution >= 4 is 21.8 Å². The Balaban J connectivity index is 2.11. The average molecular weight is 348 g/mol. The first-order chi connectivity index (χ1) is 10.1. The van der Waals surface area contributed by atoms with Gasteiger partial charge in [-0.3, -0.25) is 4.90 Å². The van der Waals surface area contributed by atoms with Gasteiger partial charge in [0.25, 0.3) is 0 Å². The molecule has 2 rings (SSSR count). The normalized spacial score (nSPS) is 11.9. The molecule has 110 valence electrons. The van der Waals surface area contributed by atoms with Crippen molar-refractivity contribution in [3.8, 4) is 0 Å². The fourth-order valence-corrected chi connectivity index (χ4v) is 2.70. The number of amidine groups is 1. The lowest BCUT2D eigenvalue weighted by atomic mass is 10.1. The van der Waals surface area contributed by atoms with Gasteiger partial charge in [0.1, 0.15) is 0 Å². The van der Waals surface area contributed by atoms with Crippen LogP contribution in [-0.4, -0.2) is 23.0 Å². The van der Waals surface area contributed by atoms with Crippen molar-refractivity contribution < 1.29 is 5.21 Å². The Bertz CT molecular complexity index is 643. The molecule has 0 fully saturated rings. The molecule has 0 amide bonds. The minimum atomic E-state index is 0.140. The van der Waals surface area contributed by atoms with Crippen molar-refractivity contribution in [2.45, 2.75) is 13.1 Å². The van der Waals surface area contributed by atoms with Gasteiger partial charge in [0, 0.05) is 23.1 Å². The third kappa shape index (κ3) is 4.31. The lowest BCUT2D eigenvalue weighted by molar-refractivity contribution is 0.315. The summed E-state index contributed by atoms with van der Waals surface area (Å²) in [4.78, 5) is 2.19. The Labute approximate surface area is 133 Å². The molecular weight excluding hydrogens is 330 g/mol. The Kier molecular flexibility index (Phi) is 5.36. The van der Waals surface area contributed by atoms with Crippen LogP contribution in [0.15, 0.2) is 58.2 Å². The van der Waals surface area contributed by atoms with E-state index >= 15 is 0 Å². The van der Waals surface area contributed by atoms with Crippen molar-refractivity contribution in [2.24, 2.45) is 10.9 Å². The highest BCUT2D eigenvalue weighted by molar-refractivity contribution is 9.10. The molecule has 21 heavy (non-hydrogen) atoms. The second-order valence-electron chi connectivity index (χ2n) is 4.94. The van der Waals surface area contributed by atoms with Gasteiger partial charge in [0.05, 0.1) is 0 Å². The molecule has 0 aliphatic carbocycles. The molecule has 5 heteroatoms. The maximum atomic E-state index is 8.86. The van der Waals surface area contributed by atoms with Crippen molar-refractivity contribution in [2.75, 3.05) is 7.05 Å². The lowest BCUT2D eigenvalue weighted by Crippen LogP contribution is -2.21. The Morgan fingerprint density at radius 3 is 2.67 bits per heavy atom. The first kappa shape index (κ1) is 15.5. The number of hydrogen-bond acceptors (Lipinski definition) is 3. The van der Waals surface area contributed by atoms with Crippen LogP contribution in [0, 0.1) is 0 Å². The highest BCUT2D eigenvalue weighted by atomic mass is 79.9. The number of hydrogen-bond donors (Lipinski definition) is 2. The van der Waals surface area contributed by atoms with E-state index in [1.807, 2.05) is 43.4 Å². The van der Waals surface area contributed by atoms with Crippen LogP contribution in [0.25, 0.3) is 0 Å². The predicted molar refractivity (Wildman–Crippen MR) is 88.3 cm³/mol. The van der Waals surface area contributed by atoms with Crippen LogP contribution >= 0.6 is 15.9 Å². The molecule has 2 aromatic rings. The van der Waals surface area contributed by atoms with Crippen molar-refractivity contribution in [3.05, 3.63) is 69.7 Å². The maximum Gasteiger partial charge on any atom is 0.170 e. The molecule has 0 aromatic heterocycles. The van der Waals surface area contributed by atoms with E-state index in [1.165, 1.54) is 5.56 Å². The first-order valence-corrected chi connectivity index (χ1v) is 7.38. The van der Waals surface area contributed by atoms with Crippen LogP contribution < -0.4 is 5.73 Å². The minimum absolute atomic E-state index is 0.140. The summed E-state index contributed by atoms with van der Waals surface area (Å²) in [7, 11) is 2.05. The monoisotopic (exact) mass is 347 g/mol. The lowest BCUT2D eigenvalue weighted by Gasteiger charge is -2.18. The molecule has 0 saturated carbocycles. The molecule has 0 atom stereocenters. The molecule has 0 saturated heterocycles. The second-order valence-corrected chi connectivity index (χ2v) is 5.86. The van der Waals surface area contributed by atoms with E-state index in [1.54, 1.807) is 0 Å². The highest BCUT2D eigenvalue weighted by Gasteiger charge is 2.09. The zero-order valence-corrected chi connectivity index (χ0v) is 13.4.